The van der Waals surface area contributed by atoms with Crippen molar-refractivity contribution in [2.45, 2.75) is 6.54 Å². The van der Waals surface area contributed by atoms with Crippen molar-refractivity contribution >= 4 is 11.6 Å². The first-order chi connectivity index (χ1) is 10.3. The monoisotopic (exact) mass is 300 g/mol. The van der Waals surface area contributed by atoms with Gasteiger partial charge in [0.05, 0.1) is 13.7 Å². The van der Waals surface area contributed by atoms with Gasteiger partial charge in [0.25, 0.3) is 0 Å². The number of hydrogen-bond donors (Lipinski definition) is 0. The molecule has 0 atom stereocenters. The van der Waals surface area contributed by atoms with Gasteiger partial charge in [-0.15, -0.1) is 10.2 Å². The Morgan fingerprint density at radius 2 is 1.90 bits per heavy atom. The van der Waals surface area contributed by atoms with Crippen LogP contribution in [0.1, 0.15) is 5.56 Å². The third-order valence-electron chi connectivity index (χ3n) is 3.09. The zero-order valence-electron chi connectivity index (χ0n) is 11.4. The second kappa shape index (κ2) is 5.93. The predicted octanol–water partition coefficient (Wildman–Crippen LogP) is 3.05. The lowest BCUT2D eigenvalue weighted by Gasteiger charge is -2.08. The molecule has 0 saturated heterocycles. The Morgan fingerprint density at radius 3 is 2.57 bits per heavy atom. The van der Waals surface area contributed by atoms with Crippen LogP contribution in [0, 0.1) is 0 Å². The summed E-state index contributed by atoms with van der Waals surface area (Å²) < 4.78 is 6.90. The van der Waals surface area contributed by atoms with E-state index in [9.17, 15) is 0 Å². The quantitative estimate of drug-likeness (QED) is 0.743. The van der Waals surface area contributed by atoms with Gasteiger partial charge in [-0.3, -0.25) is 4.57 Å². The van der Waals surface area contributed by atoms with Gasteiger partial charge in [0.2, 0.25) is 11.2 Å². The largest absolute Gasteiger partial charge is 0.481 e. The molecule has 0 aliphatic rings. The Hall–Kier alpha value is -2.40. The van der Waals surface area contributed by atoms with Crippen LogP contribution in [0.4, 0.5) is 0 Å². The van der Waals surface area contributed by atoms with Crippen molar-refractivity contribution in [2.24, 2.45) is 0 Å². The second-order valence-electron chi connectivity index (χ2n) is 4.45. The highest BCUT2D eigenvalue weighted by Crippen LogP contribution is 2.21. The molecule has 3 rings (SSSR count). The molecule has 0 fully saturated rings. The summed E-state index contributed by atoms with van der Waals surface area (Å²) in [5, 5.41) is 8.46. The van der Waals surface area contributed by atoms with E-state index in [0.29, 0.717) is 17.7 Å². The first-order valence-corrected chi connectivity index (χ1v) is 6.79. The summed E-state index contributed by atoms with van der Waals surface area (Å²) in [5.74, 6) is 1.31. The number of hydrogen-bond acceptors (Lipinski definition) is 4. The molecular weight excluding hydrogens is 288 g/mol. The van der Waals surface area contributed by atoms with Crippen molar-refractivity contribution in [3.05, 3.63) is 59.5 Å². The van der Waals surface area contributed by atoms with Gasteiger partial charge in [-0.05, 0) is 17.2 Å². The van der Waals surface area contributed by atoms with Crippen molar-refractivity contribution in [3.8, 4) is 17.3 Å². The van der Waals surface area contributed by atoms with Crippen LogP contribution in [0.15, 0.2) is 48.7 Å². The third-order valence-corrected chi connectivity index (χ3v) is 3.36. The van der Waals surface area contributed by atoms with E-state index in [1.54, 1.807) is 13.3 Å². The Morgan fingerprint density at radius 1 is 1.10 bits per heavy atom. The number of nitrogens with zero attached hydrogens (tertiary/aromatic N) is 4. The normalized spacial score (nSPS) is 10.6. The summed E-state index contributed by atoms with van der Waals surface area (Å²) in [6.07, 6.45) is 1.75. The van der Waals surface area contributed by atoms with E-state index < -0.39 is 0 Å². The Labute approximate surface area is 127 Å². The number of ether oxygens (including phenoxy) is 1. The first-order valence-electron chi connectivity index (χ1n) is 6.41. The second-order valence-corrected chi connectivity index (χ2v) is 4.79. The fourth-order valence-electron chi connectivity index (χ4n) is 2.03. The minimum Gasteiger partial charge on any atom is -0.481 e. The fraction of sp³-hybridized carbons (Fsp3) is 0.133. The predicted molar refractivity (Wildman–Crippen MR) is 80.4 cm³/mol. The molecule has 0 spiro atoms. The molecule has 2 heterocycles. The topological polar surface area (TPSA) is 52.8 Å². The number of benzene rings is 1. The van der Waals surface area contributed by atoms with E-state index in [0.717, 1.165) is 17.0 Å². The summed E-state index contributed by atoms with van der Waals surface area (Å²) >= 11 is 6.15. The molecule has 0 N–H and O–H groups in total. The minimum absolute atomic E-state index is 0.352. The summed E-state index contributed by atoms with van der Waals surface area (Å²) in [7, 11) is 1.59. The number of pyridine rings is 1. The molecule has 0 aliphatic carbocycles. The average molecular weight is 301 g/mol. The summed E-state index contributed by atoms with van der Waals surface area (Å²) in [6, 6.07) is 13.6. The molecule has 2 aromatic heterocycles. The van der Waals surface area contributed by atoms with Crippen molar-refractivity contribution in [3.63, 3.8) is 0 Å². The molecule has 0 aliphatic heterocycles. The van der Waals surface area contributed by atoms with Crippen LogP contribution in [0.5, 0.6) is 5.88 Å². The Balaban J connectivity index is 1.93. The highest BCUT2D eigenvalue weighted by atomic mass is 35.5. The van der Waals surface area contributed by atoms with Crippen LogP contribution in [0.2, 0.25) is 5.28 Å². The van der Waals surface area contributed by atoms with Crippen LogP contribution >= 0.6 is 11.6 Å². The van der Waals surface area contributed by atoms with Crippen molar-refractivity contribution in [2.75, 3.05) is 7.11 Å². The summed E-state index contributed by atoms with van der Waals surface area (Å²) in [4.78, 5) is 4.19. The number of rotatable bonds is 4. The maximum absolute atomic E-state index is 6.15. The molecular formula is C15H13ClN4O. The Kier molecular flexibility index (Phi) is 3.83. The molecule has 0 bridgehead atoms. The smallest absolute Gasteiger partial charge is 0.225 e. The van der Waals surface area contributed by atoms with Gasteiger partial charge < -0.3 is 4.74 Å². The molecule has 0 unspecified atom stereocenters. The maximum Gasteiger partial charge on any atom is 0.225 e. The number of halogens is 1. The van der Waals surface area contributed by atoms with Gasteiger partial charge in [-0.2, -0.15) is 0 Å². The minimum atomic E-state index is 0.352. The van der Waals surface area contributed by atoms with Gasteiger partial charge in [-0.25, -0.2) is 4.98 Å². The summed E-state index contributed by atoms with van der Waals surface area (Å²) in [6.45, 7) is 0.549. The van der Waals surface area contributed by atoms with E-state index in [1.165, 1.54) is 0 Å². The number of aromatic nitrogens is 4. The molecule has 1 aromatic carbocycles. The fourth-order valence-corrected chi connectivity index (χ4v) is 2.21. The highest BCUT2D eigenvalue weighted by Gasteiger charge is 2.12. The molecule has 6 heteroatoms. The van der Waals surface area contributed by atoms with Crippen LogP contribution < -0.4 is 4.74 Å². The van der Waals surface area contributed by atoms with E-state index in [2.05, 4.69) is 15.2 Å². The van der Waals surface area contributed by atoms with Gasteiger partial charge in [0.15, 0.2) is 5.82 Å². The molecule has 5 nitrogen and oxygen atoms in total. The first kappa shape index (κ1) is 13.6. The lowest BCUT2D eigenvalue weighted by atomic mass is 10.2. The lowest BCUT2D eigenvalue weighted by molar-refractivity contribution is 0.397. The van der Waals surface area contributed by atoms with Crippen LogP contribution in [-0.2, 0) is 6.54 Å². The average Bonchev–Trinajstić information content (AvgIpc) is 2.90. The zero-order chi connectivity index (χ0) is 14.7. The molecule has 21 heavy (non-hydrogen) atoms. The van der Waals surface area contributed by atoms with Crippen LogP contribution in [-0.4, -0.2) is 26.9 Å². The SMILES string of the molecule is COc1ccc(Cn2c(Cl)nnc2-c2ccccc2)cn1. The van der Waals surface area contributed by atoms with Crippen LogP contribution in [0.25, 0.3) is 11.4 Å². The standard InChI is InChI=1S/C15H13ClN4O/c1-21-13-8-7-11(9-17-13)10-20-14(18-19-15(20)16)12-5-3-2-4-6-12/h2-9H,10H2,1H3. The third kappa shape index (κ3) is 2.87. The molecule has 0 saturated carbocycles. The molecule has 3 aromatic rings. The number of methoxy groups -OCH3 is 1. The van der Waals surface area contributed by atoms with Crippen molar-refractivity contribution < 1.29 is 4.74 Å². The van der Waals surface area contributed by atoms with E-state index in [1.807, 2.05) is 47.0 Å². The van der Waals surface area contributed by atoms with Gasteiger partial charge in [-0.1, -0.05) is 36.4 Å². The maximum atomic E-state index is 6.15. The molecule has 0 amide bonds. The lowest BCUT2D eigenvalue weighted by Crippen LogP contribution is -2.03. The zero-order valence-corrected chi connectivity index (χ0v) is 12.2. The van der Waals surface area contributed by atoms with E-state index in [-0.39, 0.29) is 0 Å². The van der Waals surface area contributed by atoms with Gasteiger partial charge in [0.1, 0.15) is 0 Å². The highest BCUT2D eigenvalue weighted by molar-refractivity contribution is 6.28. The van der Waals surface area contributed by atoms with Crippen molar-refractivity contribution in [1.29, 1.82) is 0 Å². The van der Waals surface area contributed by atoms with Gasteiger partial charge >= 0.3 is 0 Å². The summed E-state index contributed by atoms with van der Waals surface area (Å²) in [5.41, 5.74) is 1.97. The van der Waals surface area contributed by atoms with Crippen molar-refractivity contribution in [1.82, 2.24) is 19.7 Å². The van der Waals surface area contributed by atoms with E-state index in [4.69, 9.17) is 16.3 Å². The molecule has 0 radical (unpaired) electrons. The van der Waals surface area contributed by atoms with E-state index >= 15 is 0 Å². The Bertz CT molecular complexity index is 725. The van der Waals surface area contributed by atoms with Gasteiger partial charge in [0, 0.05) is 17.8 Å². The van der Waals surface area contributed by atoms with Crippen LogP contribution in [0.3, 0.4) is 0 Å². The molecule has 106 valence electrons.